The average molecular weight is 351 g/mol. The molecule has 1 aliphatic carbocycles. The summed E-state index contributed by atoms with van der Waals surface area (Å²) in [6.45, 7) is 1.45. The van der Waals surface area contributed by atoms with E-state index in [1.54, 1.807) is 6.20 Å². The Hall–Kier alpha value is -1.36. The van der Waals surface area contributed by atoms with Crippen molar-refractivity contribution in [1.82, 2.24) is 9.88 Å². The first kappa shape index (κ1) is 14.6. The normalized spacial score (nSPS) is 25.1. The fraction of sp³-hybridized carbons (Fsp3) is 0.500. The molecule has 2 atom stereocenters. The van der Waals surface area contributed by atoms with Crippen LogP contribution in [0.25, 0.3) is 0 Å². The van der Waals surface area contributed by atoms with Gasteiger partial charge in [0.05, 0.1) is 11.0 Å². The van der Waals surface area contributed by atoms with Crippen LogP contribution >= 0.6 is 15.9 Å². The summed E-state index contributed by atoms with van der Waals surface area (Å²) in [5.74, 6) is 1.05. The van der Waals surface area contributed by atoms with Gasteiger partial charge >= 0.3 is 0 Å². The molecule has 1 aromatic heterocycles. The molecule has 0 spiro atoms. The SMILES string of the molecule is O=C(C1CC=CCC1)N1CCC(Oc2ncccc2Br)C1. The minimum atomic E-state index is 0.0410. The molecule has 2 heterocycles. The Morgan fingerprint density at radius 2 is 2.29 bits per heavy atom. The van der Waals surface area contributed by atoms with Gasteiger partial charge in [0.25, 0.3) is 0 Å². The molecule has 21 heavy (non-hydrogen) atoms. The van der Waals surface area contributed by atoms with Crippen LogP contribution in [-0.2, 0) is 4.79 Å². The zero-order chi connectivity index (χ0) is 14.7. The van der Waals surface area contributed by atoms with E-state index in [1.165, 1.54) is 0 Å². The number of aromatic nitrogens is 1. The molecule has 112 valence electrons. The number of amides is 1. The van der Waals surface area contributed by atoms with Gasteiger partial charge in [-0.25, -0.2) is 4.98 Å². The second-order valence-corrected chi connectivity index (χ2v) is 6.44. The molecular formula is C16H19BrN2O2. The van der Waals surface area contributed by atoms with Gasteiger partial charge in [-0.15, -0.1) is 0 Å². The molecule has 1 aromatic rings. The van der Waals surface area contributed by atoms with E-state index in [0.29, 0.717) is 12.4 Å². The highest BCUT2D eigenvalue weighted by Crippen LogP contribution is 2.26. The number of halogens is 1. The quantitative estimate of drug-likeness (QED) is 0.786. The Kier molecular flexibility index (Phi) is 4.58. The van der Waals surface area contributed by atoms with Crippen LogP contribution in [0.15, 0.2) is 35.0 Å². The van der Waals surface area contributed by atoms with Crippen LogP contribution in [0.5, 0.6) is 5.88 Å². The lowest BCUT2D eigenvalue weighted by Crippen LogP contribution is -2.36. The van der Waals surface area contributed by atoms with Crippen molar-refractivity contribution in [2.24, 2.45) is 5.92 Å². The van der Waals surface area contributed by atoms with Crippen LogP contribution in [0.1, 0.15) is 25.7 Å². The van der Waals surface area contributed by atoms with Crippen molar-refractivity contribution in [3.05, 3.63) is 35.0 Å². The Morgan fingerprint density at radius 1 is 1.38 bits per heavy atom. The van der Waals surface area contributed by atoms with E-state index in [2.05, 4.69) is 33.1 Å². The zero-order valence-corrected chi connectivity index (χ0v) is 13.5. The number of carbonyl (C=O) groups excluding carboxylic acids is 1. The number of carbonyl (C=O) groups is 1. The summed E-state index contributed by atoms with van der Waals surface area (Å²) in [7, 11) is 0. The predicted molar refractivity (Wildman–Crippen MR) is 84.0 cm³/mol. The molecule has 1 aliphatic heterocycles. The van der Waals surface area contributed by atoms with E-state index in [1.807, 2.05) is 17.0 Å². The standard InChI is InChI=1S/C16H19BrN2O2/c17-14-7-4-9-18-15(14)21-13-8-10-19(11-13)16(20)12-5-2-1-3-6-12/h1-2,4,7,9,12-13H,3,5-6,8,10-11H2. The number of hydrogen-bond donors (Lipinski definition) is 0. The van der Waals surface area contributed by atoms with Crippen molar-refractivity contribution in [1.29, 1.82) is 0 Å². The lowest BCUT2D eigenvalue weighted by Gasteiger charge is -2.24. The maximum atomic E-state index is 12.5. The van der Waals surface area contributed by atoms with E-state index in [4.69, 9.17) is 4.74 Å². The minimum absolute atomic E-state index is 0.0410. The molecule has 0 N–H and O–H groups in total. The second kappa shape index (κ2) is 6.60. The van der Waals surface area contributed by atoms with E-state index in [0.717, 1.165) is 36.7 Å². The number of hydrogen-bond acceptors (Lipinski definition) is 3. The van der Waals surface area contributed by atoms with E-state index in [-0.39, 0.29) is 17.9 Å². The average Bonchev–Trinajstić information content (AvgIpc) is 2.98. The maximum Gasteiger partial charge on any atom is 0.228 e. The van der Waals surface area contributed by atoms with Crippen LogP contribution in [0.3, 0.4) is 0 Å². The third kappa shape index (κ3) is 3.46. The number of allylic oxidation sites excluding steroid dienone is 2. The summed E-state index contributed by atoms with van der Waals surface area (Å²) in [4.78, 5) is 18.6. The number of pyridine rings is 1. The molecule has 5 heteroatoms. The molecule has 1 amide bonds. The molecule has 2 aliphatic rings. The first-order valence-corrected chi connectivity index (χ1v) is 8.24. The minimum Gasteiger partial charge on any atom is -0.472 e. The van der Waals surface area contributed by atoms with Crippen LogP contribution in [-0.4, -0.2) is 35.0 Å². The first-order chi connectivity index (χ1) is 10.2. The van der Waals surface area contributed by atoms with Gasteiger partial charge in [-0.05, 0) is 47.3 Å². The Balaban J connectivity index is 1.57. The summed E-state index contributed by atoms with van der Waals surface area (Å²) in [6.07, 6.45) is 9.79. The Labute approximate surface area is 133 Å². The molecule has 4 nitrogen and oxygen atoms in total. The summed E-state index contributed by atoms with van der Waals surface area (Å²) in [5, 5.41) is 0. The number of nitrogens with zero attached hydrogens (tertiary/aromatic N) is 2. The van der Waals surface area contributed by atoms with Gasteiger partial charge < -0.3 is 9.64 Å². The summed E-state index contributed by atoms with van der Waals surface area (Å²) < 4.78 is 6.76. The van der Waals surface area contributed by atoms with E-state index < -0.39 is 0 Å². The lowest BCUT2D eigenvalue weighted by molar-refractivity contribution is -0.135. The molecule has 0 radical (unpaired) electrons. The maximum absolute atomic E-state index is 12.5. The molecule has 0 bridgehead atoms. The monoisotopic (exact) mass is 350 g/mol. The molecule has 0 aromatic carbocycles. The van der Waals surface area contributed by atoms with E-state index in [9.17, 15) is 4.79 Å². The predicted octanol–water partition coefficient (Wildman–Crippen LogP) is 3.18. The largest absolute Gasteiger partial charge is 0.472 e. The highest BCUT2D eigenvalue weighted by molar-refractivity contribution is 9.10. The van der Waals surface area contributed by atoms with Gasteiger partial charge in [0.1, 0.15) is 6.10 Å². The highest BCUT2D eigenvalue weighted by atomic mass is 79.9. The van der Waals surface area contributed by atoms with Gasteiger partial charge in [-0.3, -0.25) is 4.79 Å². The Bertz CT molecular complexity index is 547. The molecule has 2 unspecified atom stereocenters. The summed E-state index contributed by atoms with van der Waals surface area (Å²) >= 11 is 3.43. The lowest BCUT2D eigenvalue weighted by atomic mass is 9.93. The van der Waals surface area contributed by atoms with Crippen molar-refractivity contribution in [2.75, 3.05) is 13.1 Å². The van der Waals surface area contributed by atoms with E-state index >= 15 is 0 Å². The van der Waals surface area contributed by atoms with Gasteiger partial charge in [0, 0.05) is 25.1 Å². The van der Waals surface area contributed by atoms with Crippen molar-refractivity contribution in [2.45, 2.75) is 31.8 Å². The Morgan fingerprint density at radius 3 is 3.05 bits per heavy atom. The topological polar surface area (TPSA) is 42.4 Å². The van der Waals surface area contributed by atoms with Crippen molar-refractivity contribution in [3.63, 3.8) is 0 Å². The third-order valence-electron chi connectivity index (χ3n) is 4.08. The van der Waals surface area contributed by atoms with Crippen molar-refractivity contribution < 1.29 is 9.53 Å². The number of likely N-dealkylation sites (tertiary alicyclic amines) is 1. The van der Waals surface area contributed by atoms with Gasteiger partial charge in [-0.1, -0.05) is 12.2 Å². The van der Waals surface area contributed by atoms with Crippen LogP contribution in [0.4, 0.5) is 0 Å². The van der Waals surface area contributed by atoms with Crippen LogP contribution < -0.4 is 4.74 Å². The first-order valence-electron chi connectivity index (χ1n) is 7.45. The fourth-order valence-corrected chi connectivity index (χ4v) is 3.26. The van der Waals surface area contributed by atoms with Crippen molar-refractivity contribution >= 4 is 21.8 Å². The van der Waals surface area contributed by atoms with Gasteiger partial charge in [-0.2, -0.15) is 0 Å². The summed E-state index contributed by atoms with van der Waals surface area (Å²) in [5.41, 5.74) is 0. The van der Waals surface area contributed by atoms with Crippen LogP contribution in [0.2, 0.25) is 0 Å². The zero-order valence-electron chi connectivity index (χ0n) is 11.9. The fourth-order valence-electron chi connectivity index (χ4n) is 2.92. The third-order valence-corrected chi connectivity index (χ3v) is 4.68. The van der Waals surface area contributed by atoms with Gasteiger partial charge in [0.2, 0.25) is 11.8 Å². The smallest absolute Gasteiger partial charge is 0.228 e. The summed E-state index contributed by atoms with van der Waals surface area (Å²) in [6, 6.07) is 3.77. The van der Waals surface area contributed by atoms with Crippen molar-refractivity contribution in [3.8, 4) is 5.88 Å². The van der Waals surface area contributed by atoms with Gasteiger partial charge in [0.15, 0.2) is 0 Å². The number of rotatable bonds is 3. The molecule has 1 fully saturated rings. The number of ether oxygens (including phenoxy) is 1. The molecule has 0 saturated carbocycles. The van der Waals surface area contributed by atoms with Crippen LogP contribution in [0, 0.1) is 5.92 Å². The molecular weight excluding hydrogens is 332 g/mol. The molecule has 1 saturated heterocycles. The second-order valence-electron chi connectivity index (χ2n) is 5.58. The highest BCUT2D eigenvalue weighted by Gasteiger charge is 2.32. The molecule has 3 rings (SSSR count).